The van der Waals surface area contributed by atoms with Gasteiger partial charge in [0.05, 0.1) is 22.4 Å². The summed E-state index contributed by atoms with van der Waals surface area (Å²) in [6, 6.07) is 9.42. The van der Waals surface area contributed by atoms with E-state index in [1.165, 1.54) is 15.9 Å². The molecule has 3 heterocycles. The summed E-state index contributed by atoms with van der Waals surface area (Å²) in [5.41, 5.74) is 1.13. The zero-order valence-corrected chi connectivity index (χ0v) is 19.5. The van der Waals surface area contributed by atoms with Crippen molar-refractivity contribution >= 4 is 29.4 Å². The lowest BCUT2D eigenvalue weighted by atomic mass is 10.0. The third kappa shape index (κ3) is 4.58. The van der Waals surface area contributed by atoms with Crippen molar-refractivity contribution in [2.45, 2.75) is 26.8 Å². The van der Waals surface area contributed by atoms with Crippen LogP contribution in [0.1, 0.15) is 37.0 Å². The maximum Gasteiger partial charge on any atom is 0.341 e. The molecule has 0 spiro atoms. The van der Waals surface area contributed by atoms with Crippen molar-refractivity contribution in [3.05, 3.63) is 84.4 Å². The summed E-state index contributed by atoms with van der Waals surface area (Å²) in [6.45, 7) is 4.97. The maximum absolute atomic E-state index is 13.5. The lowest BCUT2D eigenvalue weighted by molar-refractivity contribution is -0.140. The van der Waals surface area contributed by atoms with E-state index in [2.05, 4.69) is 4.99 Å². The average Bonchev–Trinajstić information content (AvgIpc) is 3.35. The first-order valence-corrected chi connectivity index (χ1v) is 11.3. The lowest BCUT2D eigenvalue weighted by Crippen LogP contribution is -2.39. The Kier molecular flexibility index (Phi) is 6.51. The van der Waals surface area contributed by atoms with Gasteiger partial charge in [-0.05, 0) is 56.7 Å². The van der Waals surface area contributed by atoms with Crippen LogP contribution < -0.4 is 19.6 Å². The maximum atomic E-state index is 13.5. The summed E-state index contributed by atoms with van der Waals surface area (Å²) >= 11 is 1.20. The summed E-state index contributed by atoms with van der Waals surface area (Å²) in [4.78, 5) is 41.9. The third-order valence-electron chi connectivity index (χ3n) is 5.09. The van der Waals surface area contributed by atoms with E-state index in [0.29, 0.717) is 32.3 Å². The Balaban J connectivity index is 1.80. The van der Waals surface area contributed by atoms with Crippen LogP contribution in [0.4, 0.5) is 0 Å². The predicted molar refractivity (Wildman–Crippen MR) is 123 cm³/mol. The molecule has 9 nitrogen and oxygen atoms in total. The Morgan fingerprint density at radius 2 is 1.94 bits per heavy atom. The molecule has 1 aromatic carbocycles. The average molecular weight is 483 g/mol. The molecule has 0 amide bonds. The number of nitrogens with zero attached hydrogens (tertiary/aromatic N) is 2. The summed E-state index contributed by atoms with van der Waals surface area (Å²) in [5.74, 6) is -0.107. The summed E-state index contributed by atoms with van der Waals surface area (Å²) < 4.78 is 18.1. The highest BCUT2D eigenvalue weighted by Gasteiger charge is 2.35. The number of furan rings is 1. The molecule has 34 heavy (non-hydrogen) atoms. The number of carboxylic acids is 1. The van der Waals surface area contributed by atoms with Gasteiger partial charge in [-0.2, -0.15) is 0 Å². The molecule has 1 aliphatic rings. The van der Waals surface area contributed by atoms with Gasteiger partial charge in [-0.25, -0.2) is 14.6 Å². The number of hydrogen-bond acceptors (Lipinski definition) is 8. The molecular formula is C24H22N2O7S. The number of thiazole rings is 1. The van der Waals surface area contributed by atoms with E-state index < -0.39 is 24.6 Å². The first-order valence-electron chi connectivity index (χ1n) is 10.5. The molecule has 0 radical (unpaired) electrons. The van der Waals surface area contributed by atoms with Gasteiger partial charge in [-0.1, -0.05) is 23.5 Å². The van der Waals surface area contributed by atoms with Crippen molar-refractivity contribution in [1.29, 1.82) is 0 Å². The minimum Gasteiger partial charge on any atom is -0.482 e. The fourth-order valence-electron chi connectivity index (χ4n) is 3.62. The monoisotopic (exact) mass is 482 g/mol. The molecule has 4 rings (SSSR count). The van der Waals surface area contributed by atoms with Crippen molar-refractivity contribution in [2.75, 3.05) is 13.2 Å². The normalized spacial score (nSPS) is 15.6. The van der Waals surface area contributed by atoms with Crippen LogP contribution >= 0.6 is 11.3 Å². The van der Waals surface area contributed by atoms with Gasteiger partial charge >= 0.3 is 11.9 Å². The molecule has 0 saturated carbocycles. The van der Waals surface area contributed by atoms with E-state index in [1.807, 2.05) is 0 Å². The van der Waals surface area contributed by atoms with E-state index in [4.69, 9.17) is 19.0 Å². The zero-order valence-electron chi connectivity index (χ0n) is 18.7. The molecule has 0 aliphatic carbocycles. The number of aromatic nitrogens is 1. The van der Waals surface area contributed by atoms with Crippen LogP contribution in [0.15, 0.2) is 61.9 Å². The minimum atomic E-state index is -1.07. The van der Waals surface area contributed by atoms with Gasteiger partial charge in [0.15, 0.2) is 11.4 Å². The van der Waals surface area contributed by atoms with Crippen molar-refractivity contribution in [3.63, 3.8) is 0 Å². The Morgan fingerprint density at radius 1 is 1.21 bits per heavy atom. The van der Waals surface area contributed by atoms with Crippen molar-refractivity contribution < 1.29 is 28.6 Å². The molecule has 176 valence electrons. The second-order valence-corrected chi connectivity index (χ2v) is 8.51. The number of rotatable bonds is 7. The second-order valence-electron chi connectivity index (χ2n) is 7.50. The van der Waals surface area contributed by atoms with Crippen molar-refractivity contribution in [2.24, 2.45) is 4.99 Å². The number of allylic oxidation sites excluding steroid dienone is 1. The first-order chi connectivity index (χ1) is 16.3. The van der Waals surface area contributed by atoms with Crippen molar-refractivity contribution in [3.8, 4) is 5.75 Å². The van der Waals surface area contributed by atoms with Crippen LogP contribution in [0.5, 0.6) is 5.75 Å². The molecule has 0 fully saturated rings. The number of carbonyl (C=O) groups excluding carboxylic acids is 1. The Labute approximate surface area is 197 Å². The van der Waals surface area contributed by atoms with E-state index in [9.17, 15) is 14.4 Å². The molecule has 2 aromatic heterocycles. The minimum absolute atomic E-state index is 0.191. The number of carbonyl (C=O) groups is 2. The molecule has 10 heteroatoms. The summed E-state index contributed by atoms with van der Waals surface area (Å²) in [5, 5.41) is 8.73. The number of hydrogen-bond donors (Lipinski definition) is 1. The first kappa shape index (κ1) is 23.2. The molecule has 3 aromatic rings. The quantitative estimate of drug-likeness (QED) is 0.513. The molecule has 1 aliphatic heterocycles. The molecule has 1 N–H and O–H groups in total. The topological polar surface area (TPSA) is 120 Å². The number of ether oxygens (including phenoxy) is 2. The molecule has 0 bridgehead atoms. The van der Waals surface area contributed by atoms with Gasteiger partial charge in [-0.15, -0.1) is 0 Å². The largest absolute Gasteiger partial charge is 0.482 e. The van der Waals surface area contributed by atoms with E-state index in [0.717, 1.165) is 5.56 Å². The van der Waals surface area contributed by atoms with E-state index in [1.54, 1.807) is 63.2 Å². The van der Waals surface area contributed by atoms with Gasteiger partial charge in [0.2, 0.25) is 0 Å². The van der Waals surface area contributed by atoms with Crippen LogP contribution in [0, 0.1) is 6.92 Å². The zero-order chi connectivity index (χ0) is 24.4. The van der Waals surface area contributed by atoms with Gasteiger partial charge in [0.1, 0.15) is 23.3 Å². The number of esters is 1. The Bertz CT molecular complexity index is 1460. The lowest BCUT2D eigenvalue weighted by Gasteiger charge is -2.22. The summed E-state index contributed by atoms with van der Waals surface area (Å²) in [7, 11) is 0. The second kappa shape index (κ2) is 9.52. The fourth-order valence-corrected chi connectivity index (χ4v) is 4.66. The Hall–Kier alpha value is -3.92. The highest BCUT2D eigenvalue weighted by Crippen LogP contribution is 2.31. The Morgan fingerprint density at radius 3 is 2.56 bits per heavy atom. The molecular weight excluding hydrogens is 460 g/mol. The van der Waals surface area contributed by atoms with Gasteiger partial charge in [-0.3, -0.25) is 9.36 Å². The van der Waals surface area contributed by atoms with Gasteiger partial charge in [0, 0.05) is 0 Å². The fraction of sp³-hybridized carbons (Fsp3) is 0.250. The number of fused-ring (bicyclic) bond motifs is 1. The molecule has 1 atom stereocenters. The SMILES string of the molecule is CCOC(=O)C1=C(C)N=c2s/c(=C/c3ccc(OCC(=O)O)cc3)c(=O)n2[C@@H]1c1ccc(C)o1. The molecule has 0 saturated heterocycles. The number of aliphatic carboxylic acids is 1. The highest BCUT2D eigenvalue weighted by atomic mass is 32.1. The number of aryl methyl sites for hydroxylation is 1. The van der Waals surface area contributed by atoms with Crippen molar-refractivity contribution in [1.82, 2.24) is 4.57 Å². The summed E-state index contributed by atoms with van der Waals surface area (Å²) in [6.07, 6.45) is 1.71. The van der Waals surface area contributed by atoms with Gasteiger partial charge in [0.25, 0.3) is 5.56 Å². The number of benzene rings is 1. The third-order valence-corrected chi connectivity index (χ3v) is 6.07. The van der Waals surface area contributed by atoms with Crippen LogP contribution in [-0.4, -0.2) is 34.8 Å². The molecule has 0 unspecified atom stereocenters. The van der Waals surface area contributed by atoms with Crippen LogP contribution in [0.2, 0.25) is 0 Å². The van der Waals surface area contributed by atoms with E-state index >= 15 is 0 Å². The van der Waals surface area contributed by atoms with Crippen LogP contribution in [-0.2, 0) is 14.3 Å². The highest BCUT2D eigenvalue weighted by molar-refractivity contribution is 7.07. The standard InChI is InChI=1S/C24H22N2O7S/c1-4-31-23(30)20-14(3)25-24-26(21(20)17-10-5-13(2)33-17)22(29)18(34-24)11-15-6-8-16(9-7-15)32-12-19(27)28/h5-11,21H,4,12H2,1-3H3,(H,27,28)/b18-11+/t21-/m1/s1. The van der Waals surface area contributed by atoms with Crippen LogP contribution in [0.25, 0.3) is 6.08 Å². The predicted octanol–water partition coefficient (Wildman–Crippen LogP) is 2.16. The number of carboxylic acid groups (broad SMARTS) is 1. The smallest absolute Gasteiger partial charge is 0.341 e. The van der Waals surface area contributed by atoms with Crippen LogP contribution in [0.3, 0.4) is 0 Å². The van der Waals surface area contributed by atoms with Gasteiger partial charge < -0.3 is 19.0 Å². The van der Waals surface area contributed by atoms with E-state index in [-0.39, 0.29) is 17.7 Å².